The van der Waals surface area contributed by atoms with Crippen molar-refractivity contribution in [1.29, 1.82) is 0 Å². The maximum absolute atomic E-state index is 4.31. The number of benzene rings is 2. The first-order valence-electron chi connectivity index (χ1n) is 9.43. The zero-order chi connectivity index (χ0) is 18.4. The highest BCUT2D eigenvalue weighted by molar-refractivity contribution is 5.94. The lowest BCUT2D eigenvalue weighted by Gasteiger charge is -2.34. The van der Waals surface area contributed by atoms with E-state index in [0.29, 0.717) is 5.92 Å². The molecule has 0 atom stereocenters. The summed E-state index contributed by atoms with van der Waals surface area (Å²) in [5.41, 5.74) is 5.32. The van der Waals surface area contributed by atoms with Gasteiger partial charge in [0.2, 0.25) is 0 Å². The fraction of sp³-hybridized carbons (Fsp3) is 0.391. The van der Waals surface area contributed by atoms with E-state index in [1.165, 1.54) is 33.3 Å². The molecule has 0 spiro atoms. The van der Waals surface area contributed by atoms with Gasteiger partial charge in [-0.25, -0.2) is 0 Å². The Balaban J connectivity index is 0.00000109. The second-order valence-electron chi connectivity index (χ2n) is 6.56. The molecule has 1 aliphatic rings. The van der Waals surface area contributed by atoms with Gasteiger partial charge in [-0.2, -0.15) is 0 Å². The summed E-state index contributed by atoms with van der Waals surface area (Å²) >= 11 is 0. The Hall–Kier alpha value is -2.22. The zero-order valence-corrected chi connectivity index (χ0v) is 16.4. The maximum Gasteiger partial charge on any atom is 0.0579 e. The number of hydrogen-bond donors (Lipinski definition) is 1. The molecule has 134 valence electrons. The van der Waals surface area contributed by atoms with Crippen LogP contribution < -0.4 is 10.2 Å². The fourth-order valence-corrected chi connectivity index (χ4v) is 3.39. The number of nitrogens with zero attached hydrogens (tertiary/aromatic N) is 1. The van der Waals surface area contributed by atoms with Crippen molar-refractivity contribution in [2.75, 3.05) is 25.0 Å². The summed E-state index contributed by atoms with van der Waals surface area (Å²) in [7, 11) is 2.02. The molecule has 1 heterocycles. The van der Waals surface area contributed by atoms with Crippen LogP contribution in [0, 0.1) is 5.92 Å². The normalized spacial score (nSPS) is 14.4. The fourth-order valence-electron chi connectivity index (χ4n) is 3.39. The second kappa shape index (κ2) is 8.75. The number of rotatable bonds is 4. The molecule has 2 nitrogen and oxygen atoms in total. The van der Waals surface area contributed by atoms with Crippen molar-refractivity contribution < 1.29 is 0 Å². The molecule has 0 aromatic heterocycles. The third-order valence-corrected chi connectivity index (χ3v) is 4.84. The molecule has 0 unspecified atom stereocenters. The molecule has 0 aliphatic carbocycles. The van der Waals surface area contributed by atoms with Crippen molar-refractivity contribution in [3.05, 3.63) is 65.9 Å². The van der Waals surface area contributed by atoms with Crippen LogP contribution in [0.25, 0.3) is 10.8 Å². The lowest BCUT2D eigenvalue weighted by Crippen LogP contribution is -2.36. The largest absolute Gasteiger partial charge is 0.390 e. The lowest BCUT2D eigenvalue weighted by molar-refractivity contribution is 0.686. The van der Waals surface area contributed by atoms with Crippen LogP contribution in [0.4, 0.5) is 5.69 Å². The van der Waals surface area contributed by atoms with E-state index in [4.69, 9.17) is 0 Å². The van der Waals surface area contributed by atoms with Crippen molar-refractivity contribution in [3.8, 4) is 0 Å². The molecule has 0 fully saturated rings. The van der Waals surface area contributed by atoms with Crippen LogP contribution >= 0.6 is 0 Å². The molecule has 2 aromatic carbocycles. The molecular formula is C23H32N2. The van der Waals surface area contributed by atoms with E-state index in [1.54, 1.807) is 0 Å². The third-order valence-electron chi connectivity index (χ3n) is 4.84. The van der Waals surface area contributed by atoms with E-state index in [-0.39, 0.29) is 0 Å². The predicted molar refractivity (Wildman–Crippen MR) is 112 cm³/mol. The first-order chi connectivity index (χ1) is 12.1. The van der Waals surface area contributed by atoms with Gasteiger partial charge in [-0.15, -0.1) is 0 Å². The van der Waals surface area contributed by atoms with Crippen LogP contribution in [0.15, 0.2) is 65.9 Å². The molecule has 0 radical (unpaired) electrons. The summed E-state index contributed by atoms with van der Waals surface area (Å²) in [5.74, 6) is 0.498. The molecule has 1 N–H and O–H groups in total. The first-order valence-corrected chi connectivity index (χ1v) is 9.43. The van der Waals surface area contributed by atoms with E-state index in [0.717, 1.165) is 19.5 Å². The summed E-state index contributed by atoms with van der Waals surface area (Å²) in [6.45, 7) is 14.7. The van der Waals surface area contributed by atoms with Crippen molar-refractivity contribution in [2.24, 2.45) is 5.92 Å². The molecule has 0 saturated carbocycles. The average molecular weight is 337 g/mol. The van der Waals surface area contributed by atoms with Gasteiger partial charge < -0.3 is 10.2 Å². The molecule has 2 heteroatoms. The minimum atomic E-state index is 0.498. The van der Waals surface area contributed by atoms with Gasteiger partial charge in [0.05, 0.1) is 6.54 Å². The Morgan fingerprint density at radius 2 is 1.76 bits per heavy atom. The van der Waals surface area contributed by atoms with Crippen LogP contribution in [0.1, 0.15) is 34.1 Å². The molecule has 2 aromatic rings. The van der Waals surface area contributed by atoms with Crippen molar-refractivity contribution >= 4 is 16.5 Å². The van der Waals surface area contributed by atoms with Gasteiger partial charge >= 0.3 is 0 Å². The van der Waals surface area contributed by atoms with Crippen LogP contribution in [-0.2, 0) is 0 Å². The number of anilines is 1. The number of allylic oxidation sites excluding steroid dienone is 1. The average Bonchev–Trinajstić information content (AvgIpc) is 2.68. The van der Waals surface area contributed by atoms with Gasteiger partial charge in [0.25, 0.3) is 0 Å². The highest BCUT2D eigenvalue weighted by Crippen LogP contribution is 2.32. The molecular weight excluding hydrogens is 304 g/mol. The molecule has 25 heavy (non-hydrogen) atoms. The topological polar surface area (TPSA) is 15.3 Å². The Labute approximate surface area is 153 Å². The van der Waals surface area contributed by atoms with Gasteiger partial charge in [0.1, 0.15) is 0 Å². The summed E-state index contributed by atoms with van der Waals surface area (Å²) in [5, 5.41) is 6.05. The highest BCUT2D eigenvalue weighted by Gasteiger charge is 2.22. The number of hydrogen-bond acceptors (Lipinski definition) is 2. The van der Waals surface area contributed by atoms with E-state index in [9.17, 15) is 0 Å². The Bertz CT molecular complexity index is 750. The maximum atomic E-state index is 4.31. The van der Waals surface area contributed by atoms with E-state index < -0.39 is 0 Å². The Morgan fingerprint density at radius 1 is 1.08 bits per heavy atom. The quantitative estimate of drug-likeness (QED) is 0.763. The SMILES string of the molecule is C=C(C1=C(NC)CN(c2cccc3ccccc23)CC1)C(C)C.CC. The van der Waals surface area contributed by atoms with Crippen molar-refractivity contribution in [2.45, 2.75) is 34.1 Å². The highest BCUT2D eigenvalue weighted by atomic mass is 15.2. The summed E-state index contributed by atoms with van der Waals surface area (Å²) in [6, 6.07) is 15.2. The molecule has 0 saturated heterocycles. The van der Waals surface area contributed by atoms with E-state index >= 15 is 0 Å². The summed E-state index contributed by atoms with van der Waals surface area (Å²) < 4.78 is 0. The summed E-state index contributed by atoms with van der Waals surface area (Å²) in [4.78, 5) is 2.48. The molecule has 0 bridgehead atoms. The first kappa shape index (κ1) is 19.1. The van der Waals surface area contributed by atoms with Crippen LogP contribution in [-0.4, -0.2) is 20.1 Å². The van der Waals surface area contributed by atoms with Gasteiger partial charge in [0, 0.05) is 30.4 Å². The molecule has 0 amide bonds. The number of nitrogens with one attached hydrogen (secondary N) is 1. The van der Waals surface area contributed by atoms with Crippen LogP contribution in [0.3, 0.4) is 0 Å². The van der Waals surface area contributed by atoms with Gasteiger partial charge in [-0.3, -0.25) is 0 Å². The monoisotopic (exact) mass is 336 g/mol. The van der Waals surface area contributed by atoms with Gasteiger partial charge in [-0.1, -0.05) is 70.7 Å². The third kappa shape index (κ3) is 4.07. The number of fused-ring (bicyclic) bond motifs is 1. The smallest absolute Gasteiger partial charge is 0.0579 e. The Morgan fingerprint density at radius 3 is 2.44 bits per heavy atom. The Kier molecular flexibility index (Phi) is 6.69. The van der Waals surface area contributed by atoms with E-state index in [2.05, 4.69) is 73.1 Å². The predicted octanol–water partition coefficient (Wildman–Crippen LogP) is 5.76. The van der Waals surface area contributed by atoms with Crippen LogP contribution in [0.2, 0.25) is 0 Å². The molecule has 3 rings (SSSR count). The van der Waals surface area contributed by atoms with Crippen LogP contribution in [0.5, 0.6) is 0 Å². The summed E-state index contributed by atoms with van der Waals surface area (Å²) in [6.07, 6.45) is 1.05. The molecule has 1 aliphatic heterocycles. The number of likely N-dealkylation sites (N-methyl/N-ethyl adjacent to an activating group) is 1. The minimum absolute atomic E-state index is 0.498. The van der Waals surface area contributed by atoms with Crippen molar-refractivity contribution in [1.82, 2.24) is 5.32 Å². The zero-order valence-electron chi connectivity index (χ0n) is 16.4. The van der Waals surface area contributed by atoms with E-state index in [1.807, 2.05) is 20.9 Å². The second-order valence-corrected chi connectivity index (χ2v) is 6.56. The van der Waals surface area contributed by atoms with Gasteiger partial charge in [0.15, 0.2) is 0 Å². The van der Waals surface area contributed by atoms with Gasteiger partial charge in [-0.05, 0) is 34.9 Å². The minimum Gasteiger partial charge on any atom is -0.390 e. The standard InChI is InChI=1S/C21H26N2.C2H6/c1-15(2)16(3)18-12-13-23(14-20(18)22-4)21-11-7-9-17-8-5-6-10-19(17)21;1-2/h5-11,15,22H,3,12-14H2,1-2,4H3;1-2H3. The van der Waals surface area contributed by atoms with Crippen molar-refractivity contribution in [3.63, 3.8) is 0 Å². The lowest BCUT2D eigenvalue weighted by atomic mass is 9.90.